The highest BCUT2D eigenvalue weighted by molar-refractivity contribution is 9.10. The Labute approximate surface area is 117 Å². The van der Waals surface area contributed by atoms with E-state index in [1.54, 1.807) is 0 Å². The fourth-order valence-corrected chi connectivity index (χ4v) is 3.03. The van der Waals surface area contributed by atoms with Crippen LogP contribution in [0.3, 0.4) is 0 Å². The van der Waals surface area contributed by atoms with Gasteiger partial charge in [-0.3, -0.25) is 0 Å². The topological polar surface area (TPSA) is 3.24 Å². The van der Waals surface area contributed by atoms with Crippen molar-refractivity contribution in [1.29, 1.82) is 0 Å². The zero-order chi connectivity index (χ0) is 12.5. The summed E-state index contributed by atoms with van der Waals surface area (Å²) < 4.78 is 1.15. The third-order valence-corrected chi connectivity index (χ3v) is 4.28. The molecule has 1 aliphatic heterocycles. The minimum atomic E-state index is 0.533. The van der Waals surface area contributed by atoms with E-state index in [-0.39, 0.29) is 0 Å². The fourth-order valence-electron chi connectivity index (χ4n) is 2.77. The first-order valence-corrected chi connectivity index (χ1v) is 7.10. The molecule has 2 heteroatoms. The molecule has 2 aromatic rings. The molecule has 0 bridgehead atoms. The summed E-state index contributed by atoms with van der Waals surface area (Å²) in [6.45, 7) is 1.12. The first-order valence-electron chi connectivity index (χ1n) is 6.31. The summed E-state index contributed by atoms with van der Waals surface area (Å²) in [5, 5.41) is 0. The lowest BCUT2D eigenvalue weighted by Crippen LogP contribution is -2.27. The number of rotatable bonds is 1. The van der Waals surface area contributed by atoms with Crippen molar-refractivity contribution in [2.45, 2.75) is 12.3 Å². The summed E-state index contributed by atoms with van der Waals surface area (Å²) in [5.41, 5.74) is 4.24. The number of hydrogen-bond acceptors (Lipinski definition) is 1. The van der Waals surface area contributed by atoms with E-state index >= 15 is 0 Å². The lowest BCUT2D eigenvalue weighted by atomic mass is 9.84. The molecule has 3 rings (SSSR count). The number of halogens is 1. The summed E-state index contributed by atoms with van der Waals surface area (Å²) in [6.07, 6.45) is 1.19. The van der Waals surface area contributed by atoms with Crippen LogP contribution in [0.4, 0.5) is 5.69 Å². The van der Waals surface area contributed by atoms with Gasteiger partial charge >= 0.3 is 0 Å². The van der Waals surface area contributed by atoms with E-state index in [0.29, 0.717) is 5.92 Å². The molecule has 0 aliphatic carbocycles. The van der Waals surface area contributed by atoms with E-state index in [1.807, 2.05) is 0 Å². The molecule has 1 atom stereocenters. The summed E-state index contributed by atoms with van der Waals surface area (Å²) in [5.74, 6) is 0.533. The molecule has 0 spiro atoms. The minimum absolute atomic E-state index is 0.533. The molecular formula is C16H16BrN. The third-order valence-electron chi connectivity index (χ3n) is 3.75. The second-order valence-corrected chi connectivity index (χ2v) is 5.79. The van der Waals surface area contributed by atoms with Gasteiger partial charge in [-0.1, -0.05) is 46.3 Å². The Bertz CT molecular complexity index is 547. The van der Waals surface area contributed by atoms with Crippen LogP contribution in [0.15, 0.2) is 53.0 Å². The smallest absolute Gasteiger partial charge is 0.0402 e. The summed E-state index contributed by atoms with van der Waals surface area (Å²) in [7, 11) is 2.18. The number of nitrogens with zero attached hydrogens (tertiary/aromatic N) is 1. The largest absolute Gasteiger partial charge is 0.374 e. The average molecular weight is 302 g/mol. The van der Waals surface area contributed by atoms with E-state index in [4.69, 9.17) is 0 Å². The van der Waals surface area contributed by atoms with Crippen LogP contribution in [0, 0.1) is 0 Å². The van der Waals surface area contributed by atoms with Gasteiger partial charge in [0.1, 0.15) is 0 Å². The van der Waals surface area contributed by atoms with Crippen LogP contribution < -0.4 is 4.90 Å². The molecule has 92 valence electrons. The van der Waals surface area contributed by atoms with Gasteiger partial charge in [0.15, 0.2) is 0 Å². The molecule has 0 saturated carbocycles. The molecule has 0 fully saturated rings. The van der Waals surface area contributed by atoms with Crippen molar-refractivity contribution in [3.05, 3.63) is 64.1 Å². The van der Waals surface area contributed by atoms with Crippen LogP contribution >= 0.6 is 15.9 Å². The Morgan fingerprint density at radius 1 is 1.06 bits per heavy atom. The van der Waals surface area contributed by atoms with Gasteiger partial charge in [-0.2, -0.15) is 0 Å². The van der Waals surface area contributed by atoms with Gasteiger partial charge in [0.05, 0.1) is 0 Å². The molecule has 2 aromatic carbocycles. The SMILES string of the molecule is CN1CCC(c2ccc(Br)cc2)c2ccccc21. The van der Waals surface area contributed by atoms with Crippen LogP contribution in [0.2, 0.25) is 0 Å². The second kappa shape index (κ2) is 4.77. The Balaban J connectivity index is 2.04. The van der Waals surface area contributed by atoms with Crippen LogP contribution in [-0.4, -0.2) is 13.6 Å². The molecule has 18 heavy (non-hydrogen) atoms. The number of benzene rings is 2. The normalized spacial score (nSPS) is 18.6. The predicted molar refractivity (Wildman–Crippen MR) is 80.3 cm³/mol. The Kier molecular flexibility index (Phi) is 3.13. The molecule has 1 nitrogen and oxygen atoms in total. The summed E-state index contributed by atoms with van der Waals surface area (Å²) >= 11 is 3.50. The maximum atomic E-state index is 3.50. The first-order chi connectivity index (χ1) is 8.75. The van der Waals surface area contributed by atoms with Crippen molar-refractivity contribution >= 4 is 21.6 Å². The molecule has 1 unspecified atom stereocenters. The number of para-hydroxylation sites is 1. The van der Waals surface area contributed by atoms with E-state index in [9.17, 15) is 0 Å². The molecule has 0 radical (unpaired) electrons. The van der Waals surface area contributed by atoms with E-state index in [2.05, 4.69) is 76.4 Å². The maximum Gasteiger partial charge on any atom is 0.0402 e. The summed E-state index contributed by atoms with van der Waals surface area (Å²) in [6, 6.07) is 17.5. The molecule has 0 aromatic heterocycles. The van der Waals surface area contributed by atoms with Crippen LogP contribution in [-0.2, 0) is 0 Å². The molecule has 0 amide bonds. The van der Waals surface area contributed by atoms with Gasteiger partial charge in [-0.25, -0.2) is 0 Å². The highest BCUT2D eigenvalue weighted by atomic mass is 79.9. The monoisotopic (exact) mass is 301 g/mol. The van der Waals surface area contributed by atoms with Gasteiger partial charge in [0.2, 0.25) is 0 Å². The fraction of sp³-hybridized carbons (Fsp3) is 0.250. The summed E-state index contributed by atoms with van der Waals surface area (Å²) in [4.78, 5) is 2.35. The highest BCUT2D eigenvalue weighted by Crippen LogP contribution is 2.38. The minimum Gasteiger partial charge on any atom is -0.374 e. The van der Waals surface area contributed by atoms with E-state index in [1.165, 1.54) is 23.2 Å². The van der Waals surface area contributed by atoms with Gasteiger partial charge < -0.3 is 4.90 Å². The second-order valence-electron chi connectivity index (χ2n) is 4.87. The van der Waals surface area contributed by atoms with Crippen molar-refractivity contribution in [3.63, 3.8) is 0 Å². The molecule has 1 heterocycles. The van der Waals surface area contributed by atoms with E-state index in [0.717, 1.165) is 11.0 Å². The lowest BCUT2D eigenvalue weighted by Gasteiger charge is -2.33. The third kappa shape index (κ3) is 2.05. The van der Waals surface area contributed by atoms with Gasteiger partial charge in [-0.05, 0) is 35.7 Å². The predicted octanol–water partition coefficient (Wildman–Crippen LogP) is 4.42. The van der Waals surface area contributed by atoms with Crippen molar-refractivity contribution < 1.29 is 0 Å². The van der Waals surface area contributed by atoms with Crippen molar-refractivity contribution in [2.75, 3.05) is 18.5 Å². The van der Waals surface area contributed by atoms with Crippen LogP contribution in [0.5, 0.6) is 0 Å². The Morgan fingerprint density at radius 3 is 2.56 bits per heavy atom. The number of anilines is 1. The van der Waals surface area contributed by atoms with Gasteiger partial charge in [0, 0.05) is 29.7 Å². The van der Waals surface area contributed by atoms with E-state index < -0.39 is 0 Å². The first kappa shape index (κ1) is 11.8. The molecule has 0 saturated heterocycles. The van der Waals surface area contributed by atoms with Gasteiger partial charge in [0.25, 0.3) is 0 Å². The molecule has 1 aliphatic rings. The quantitative estimate of drug-likeness (QED) is 0.753. The lowest BCUT2D eigenvalue weighted by molar-refractivity contribution is 0.666. The number of fused-ring (bicyclic) bond motifs is 1. The van der Waals surface area contributed by atoms with Gasteiger partial charge in [-0.15, -0.1) is 0 Å². The number of hydrogen-bond donors (Lipinski definition) is 0. The van der Waals surface area contributed by atoms with Crippen molar-refractivity contribution in [3.8, 4) is 0 Å². The average Bonchev–Trinajstić information content (AvgIpc) is 2.41. The highest BCUT2D eigenvalue weighted by Gasteiger charge is 2.23. The maximum absolute atomic E-state index is 3.50. The molecule has 0 N–H and O–H groups in total. The molecular weight excluding hydrogens is 286 g/mol. The zero-order valence-corrected chi connectivity index (χ0v) is 12.0. The van der Waals surface area contributed by atoms with Crippen LogP contribution in [0.25, 0.3) is 0 Å². The van der Waals surface area contributed by atoms with Crippen molar-refractivity contribution in [1.82, 2.24) is 0 Å². The Morgan fingerprint density at radius 2 is 1.78 bits per heavy atom. The zero-order valence-electron chi connectivity index (χ0n) is 10.4. The van der Waals surface area contributed by atoms with Crippen LogP contribution in [0.1, 0.15) is 23.5 Å². The standard InChI is InChI=1S/C16H16BrN/c1-18-11-10-14(12-6-8-13(17)9-7-12)15-4-2-3-5-16(15)18/h2-9,14H,10-11H2,1H3. The van der Waals surface area contributed by atoms with Crippen molar-refractivity contribution in [2.24, 2.45) is 0 Å². The Hall–Kier alpha value is -1.28.